The summed E-state index contributed by atoms with van der Waals surface area (Å²) in [6.45, 7) is 0.554. The zero-order valence-corrected chi connectivity index (χ0v) is 11.3. The van der Waals surface area contributed by atoms with Gasteiger partial charge in [0.1, 0.15) is 0 Å². The van der Waals surface area contributed by atoms with Crippen LogP contribution in [0.15, 0.2) is 16.8 Å². The Morgan fingerprint density at radius 2 is 2.32 bits per heavy atom. The fourth-order valence-corrected chi connectivity index (χ4v) is 3.59. The number of fused-ring (bicyclic) bond motifs is 1. The molecule has 1 saturated heterocycles. The van der Waals surface area contributed by atoms with Crippen molar-refractivity contribution in [2.45, 2.75) is 50.7 Å². The Hall–Kier alpha value is -1.36. The lowest BCUT2D eigenvalue weighted by molar-refractivity contribution is -0.136. The van der Waals surface area contributed by atoms with E-state index < -0.39 is 0 Å². The topological polar surface area (TPSA) is 58.4 Å². The minimum Gasteiger partial charge on any atom is -0.360 e. The van der Waals surface area contributed by atoms with Crippen LogP contribution in [0.2, 0.25) is 0 Å². The van der Waals surface area contributed by atoms with E-state index in [9.17, 15) is 4.79 Å². The van der Waals surface area contributed by atoms with Crippen LogP contribution in [0, 0.1) is 5.92 Å². The quantitative estimate of drug-likeness (QED) is 0.899. The molecule has 0 spiro atoms. The maximum absolute atomic E-state index is 12.6. The van der Waals surface area contributed by atoms with E-state index in [4.69, 9.17) is 4.52 Å². The molecule has 0 bridgehead atoms. The number of nitrogens with one attached hydrogen (secondary N) is 1. The van der Waals surface area contributed by atoms with Gasteiger partial charge < -0.3 is 14.7 Å². The highest BCUT2D eigenvalue weighted by Gasteiger charge is 2.40. The fourth-order valence-electron chi connectivity index (χ4n) is 3.59. The lowest BCUT2D eigenvalue weighted by Crippen LogP contribution is -2.47. The minimum absolute atomic E-state index is 0.0477. The summed E-state index contributed by atoms with van der Waals surface area (Å²) in [6, 6.07) is 2.18. The molecule has 1 aliphatic carbocycles. The fraction of sp³-hybridized carbons (Fsp3) is 0.714. The Morgan fingerprint density at radius 3 is 3.05 bits per heavy atom. The average Bonchev–Trinajstić information content (AvgIpc) is 3.05. The number of likely N-dealkylation sites (N-methyl/N-ethyl adjacent to an activating group) is 1. The predicted molar refractivity (Wildman–Crippen MR) is 70.3 cm³/mol. The lowest BCUT2D eigenvalue weighted by Gasteiger charge is -2.31. The molecular formula is C14H21N3O2. The zero-order valence-electron chi connectivity index (χ0n) is 11.3. The summed E-state index contributed by atoms with van der Waals surface area (Å²) in [6.07, 6.45) is 7.35. The van der Waals surface area contributed by atoms with Crippen molar-refractivity contribution >= 4 is 5.91 Å². The third kappa shape index (κ3) is 2.39. The minimum atomic E-state index is -0.0477. The SMILES string of the molecule is CNC1CCC2CCCC2N(Cc2ccno2)C1=O. The van der Waals surface area contributed by atoms with Gasteiger partial charge >= 0.3 is 0 Å². The summed E-state index contributed by atoms with van der Waals surface area (Å²) >= 11 is 0. The summed E-state index contributed by atoms with van der Waals surface area (Å²) in [7, 11) is 1.87. The van der Waals surface area contributed by atoms with Crippen LogP contribution in [-0.2, 0) is 11.3 Å². The molecular weight excluding hydrogens is 242 g/mol. The Kier molecular flexibility index (Phi) is 3.55. The number of aromatic nitrogens is 1. The van der Waals surface area contributed by atoms with Crippen molar-refractivity contribution in [3.05, 3.63) is 18.0 Å². The second-order valence-electron chi connectivity index (χ2n) is 5.62. The van der Waals surface area contributed by atoms with Crippen molar-refractivity contribution in [3.8, 4) is 0 Å². The molecule has 1 aliphatic heterocycles. The zero-order chi connectivity index (χ0) is 13.2. The Labute approximate surface area is 113 Å². The van der Waals surface area contributed by atoms with Gasteiger partial charge in [0.05, 0.1) is 18.8 Å². The molecule has 5 heteroatoms. The van der Waals surface area contributed by atoms with Crippen LogP contribution in [0.4, 0.5) is 0 Å². The summed E-state index contributed by atoms with van der Waals surface area (Å²) in [4.78, 5) is 14.7. The van der Waals surface area contributed by atoms with E-state index in [0.717, 1.165) is 25.0 Å². The van der Waals surface area contributed by atoms with Crippen LogP contribution in [-0.4, -0.2) is 35.1 Å². The largest absolute Gasteiger partial charge is 0.360 e. The summed E-state index contributed by atoms with van der Waals surface area (Å²) in [5.74, 6) is 1.65. The van der Waals surface area contributed by atoms with E-state index in [-0.39, 0.29) is 11.9 Å². The van der Waals surface area contributed by atoms with Gasteiger partial charge in [-0.3, -0.25) is 4.79 Å². The molecule has 3 atom stereocenters. The summed E-state index contributed by atoms with van der Waals surface area (Å²) < 4.78 is 5.18. The van der Waals surface area contributed by atoms with Gasteiger partial charge in [0.15, 0.2) is 5.76 Å². The highest BCUT2D eigenvalue weighted by Crippen LogP contribution is 2.37. The monoisotopic (exact) mass is 263 g/mol. The number of hydrogen-bond acceptors (Lipinski definition) is 4. The van der Waals surface area contributed by atoms with Gasteiger partial charge in [0.25, 0.3) is 0 Å². The number of carbonyl (C=O) groups excluding carboxylic acids is 1. The first-order chi connectivity index (χ1) is 9.29. The van der Waals surface area contributed by atoms with E-state index in [2.05, 4.69) is 10.5 Å². The molecule has 1 aromatic rings. The van der Waals surface area contributed by atoms with Gasteiger partial charge in [-0.25, -0.2) is 0 Å². The molecule has 5 nitrogen and oxygen atoms in total. The third-order valence-electron chi connectivity index (χ3n) is 4.59. The van der Waals surface area contributed by atoms with E-state index in [1.54, 1.807) is 6.20 Å². The number of rotatable bonds is 3. The number of hydrogen-bond donors (Lipinski definition) is 1. The molecule has 3 unspecified atom stereocenters. The van der Waals surface area contributed by atoms with Crippen LogP contribution < -0.4 is 5.32 Å². The molecule has 3 rings (SSSR count). The second-order valence-corrected chi connectivity index (χ2v) is 5.62. The van der Waals surface area contributed by atoms with Crippen molar-refractivity contribution in [3.63, 3.8) is 0 Å². The molecule has 0 radical (unpaired) electrons. The van der Waals surface area contributed by atoms with Gasteiger partial charge in [-0.05, 0) is 38.6 Å². The first kappa shape index (κ1) is 12.7. The van der Waals surface area contributed by atoms with Crippen LogP contribution in [0.3, 0.4) is 0 Å². The maximum Gasteiger partial charge on any atom is 0.240 e. The van der Waals surface area contributed by atoms with Gasteiger partial charge in [-0.2, -0.15) is 0 Å². The predicted octanol–water partition coefficient (Wildman–Crippen LogP) is 1.55. The number of amides is 1. The molecule has 1 aromatic heterocycles. The first-order valence-electron chi connectivity index (χ1n) is 7.17. The molecule has 19 heavy (non-hydrogen) atoms. The van der Waals surface area contributed by atoms with Crippen molar-refractivity contribution in [2.75, 3.05) is 7.05 Å². The smallest absolute Gasteiger partial charge is 0.240 e. The number of carbonyl (C=O) groups is 1. The second kappa shape index (κ2) is 5.33. The molecule has 1 saturated carbocycles. The van der Waals surface area contributed by atoms with Crippen LogP contribution in [0.5, 0.6) is 0 Å². The van der Waals surface area contributed by atoms with E-state index in [0.29, 0.717) is 18.5 Å². The van der Waals surface area contributed by atoms with Gasteiger partial charge in [0, 0.05) is 12.1 Å². The molecule has 1 amide bonds. The Bertz CT molecular complexity index is 432. The van der Waals surface area contributed by atoms with E-state index in [1.807, 2.05) is 18.0 Å². The molecule has 2 fully saturated rings. The van der Waals surface area contributed by atoms with Crippen LogP contribution >= 0.6 is 0 Å². The molecule has 104 valence electrons. The van der Waals surface area contributed by atoms with E-state index >= 15 is 0 Å². The van der Waals surface area contributed by atoms with Gasteiger partial charge in [-0.15, -0.1) is 0 Å². The molecule has 2 heterocycles. The average molecular weight is 263 g/mol. The third-order valence-corrected chi connectivity index (χ3v) is 4.59. The molecule has 0 aromatic carbocycles. The van der Waals surface area contributed by atoms with Crippen molar-refractivity contribution in [1.29, 1.82) is 0 Å². The first-order valence-corrected chi connectivity index (χ1v) is 7.17. The van der Waals surface area contributed by atoms with Crippen molar-refractivity contribution < 1.29 is 9.32 Å². The van der Waals surface area contributed by atoms with Gasteiger partial charge in [0.2, 0.25) is 5.91 Å². The number of nitrogens with zero attached hydrogens (tertiary/aromatic N) is 2. The Balaban J connectivity index is 1.84. The summed E-state index contributed by atoms with van der Waals surface area (Å²) in [5.41, 5.74) is 0. The highest BCUT2D eigenvalue weighted by molar-refractivity contribution is 5.82. The van der Waals surface area contributed by atoms with Crippen LogP contribution in [0.25, 0.3) is 0 Å². The molecule has 1 N–H and O–H groups in total. The van der Waals surface area contributed by atoms with E-state index in [1.165, 1.54) is 12.8 Å². The molecule has 2 aliphatic rings. The standard InChI is InChI=1S/C14H21N3O2/c1-15-12-6-5-10-3-2-4-13(10)17(14(12)18)9-11-7-8-16-19-11/h7-8,10,12-13,15H,2-6,9H2,1H3. The Morgan fingerprint density at radius 1 is 1.42 bits per heavy atom. The lowest BCUT2D eigenvalue weighted by atomic mass is 9.97. The van der Waals surface area contributed by atoms with Crippen molar-refractivity contribution in [1.82, 2.24) is 15.4 Å². The number of likely N-dealkylation sites (tertiary alicyclic amines) is 1. The maximum atomic E-state index is 12.6. The van der Waals surface area contributed by atoms with Gasteiger partial charge in [-0.1, -0.05) is 11.6 Å². The van der Waals surface area contributed by atoms with Crippen molar-refractivity contribution in [2.24, 2.45) is 5.92 Å². The highest BCUT2D eigenvalue weighted by atomic mass is 16.5. The van der Waals surface area contributed by atoms with Crippen LogP contribution in [0.1, 0.15) is 37.9 Å². The summed E-state index contributed by atoms with van der Waals surface area (Å²) in [5, 5.41) is 6.89. The normalized spacial score (nSPS) is 31.3.